The third-order valence-corrected chi connectivity index (χ3v) is 3.50. The summed E-state index contributed by atoms with van der Waals surface area (Å²) in [7, 11) is 0. The summed E-state index contributed by atoms with van der Waals surface area (Å²) >= 11 is 0. The Kier molecular flexibility index (Phi) is 8.07. The van der Waals surface area contributed by atoms with Gasteiger partial charge in [-0.15, -0.1) is 37.1 Å². The van der Waals surface area contributed by atoms with E-state index in [1.54, 1.807) is 0 Å². The van der Waals surface area contributed by atoms with Crippen molar-refractivity contribution in [2.45, 2.75) is 32.2 Å². The number of ether oxygens (including phenoxy) is 1. The summed E-state index contributed by atoms with van der Waals surface area (Å²) in [5.74, 6) is -0.0390. The van der Waals surface area contributed by atoms with E-state index in [9.17, 15) is 13.2 Å². The van der Waals surface area contributed by atoms with Gasteiger partial charge in [0.2, 0.25) is 0 Å². The van der Waals surface area contributed by atoms with Gasteiger partial charge in [-0.05, 0) is 43.7 Å². The fourth-order valence-corrected chi connectivity index (χ4v) is 2.26. The van der Waals surface area contributed by atoms with Crippen LogP contribution in [-0.2, 0) is 0 Å². The summed E-state index contributed by atoms with van der Waals surface area (Å²) in [6, 6.07) is 6.02. The summed E-state index contributed by atoms with van der Waals surface area (Å²) in [6.07, 6.45) is -2.20. The molecule has 1 aromatic carbocycles. The second-order valence-electron chi connectivity index (χ2n) is 5.32. The van der Waals surface area contributed by atoms with Crippen LogP contribution in [0.25, 0.3) is 0 Å². The zero-order valence-corrected chi connectivity index (χ0v) is 15.7. The lowest BCUT2D eigenvalue weighted by Gasteiger charge is -2.18. The molecule has 24 heavy (non-hydrogen) atoms. The SMILES string of the molecule is CCN(CCN=C(N)Nc1ccc(OC(F)(F)F)cc1)C1CC1.I. The molecule has 0 unspecified atom stereocenters. The van der Waals surface area contributed by atoms with Crippen molar-refractivity contribution < 1.29 is 17.9 Å². The van der Waals surface area contributed by atoms with Crippen molar-refractivity contribution in [1.82, 2.24) is 4.90 Å². The molecule has 1 aromatic rings. The fourth-order valence-electron chi connectivity index (χ4n) is 2.26. The summed E-state index contributed by atoms with van der Waals surface area (Å²) in [5, 5.41) is 2.84. The molecular formula is C15H22F3IN4O. The summed E-state index contributed by atoms with van der Waals surface area (Å²) in [6.45, 7) is 4.54. The van der Waals surface area contributed by atoms with Crippen LogP contribution in [-0.4, -0.2) is 42.9 Å². The van der Waals surface area contributed by atoms with Crippen LogP contribution in [0.2, 0.25) is 0 Å². The minimum atomic E-state index is -4.69. The third kappa shape index (κ3) is 7.56. The molecule has 1 fully saturated rings. The predicted molar refractivity (Wildman–Crippen MR) is 98.9 cm³/mol. The van der Waals surface area contributed by atoms with Crippen LogP contribution >= 0.6 is 24.0 Å². The topological polar surface area (TPSA) is 62.9 Å². The summed E-state index contributed by atoms with van der Waals surface area (Å²) in [4.78, 5) is 6.59. The number of anilines is 1. The predicted octanol–water partition coefficient (Wildman–Crippen LogP) is 3.41. The molecule has 0 atom stereocenters. The molecule has 0 amide bonds. The molecule has 2 rings (SSSR count). The van der Waals surface area contributed by atoms with Crippen molar-refractivity contribution in [3.63, 3.8) is 0 Å². The first kappa shape index (κ1) is 20.8. The molecule has 0 aromatic heterocycles. The number of hydrogen-bond donors (Lipinski definition) is 2. The quantitative estimate of drug-likeness (QED) is 0.374. The van der Waals surface area contributed by atoms with Crippen LogP contribution in [0.4, 0.5) is 18.9 Å². The van der Waals surface area contributed by atoms with Crippen molar-refractivity contribution in [3.8, 4) is 5.75 Å². The van der Waals surface area contributed by atoms with Crippen molar-refractivity contribution >= 4 is 35.6 Å². The van der Waals surface area contributed by atoms with Gasteiger partial charge < -0.3 is 15.8 Å². The van der Waals surface area contributed by atoms with Crippen molar-refractivity contribution in [2.75, 3.05) is 25.0 Å². The normalized spacial score (nSPS) is 15.1. The molecule has 9 heteroatoms. The minimum absolute atomic E-state index is 0. The highest BCUT2D eigenvalue weighted by molar-refractivity contribution is 14.0. The number of aliphatic imine (C=N–C) groups is 1. The number of nitrogens with two attached hydrogens (primary N) is 1. The number of guanidine groups is 1. The van der Waals surface area contributed by atoms with Crippen LogP contribution in [0, 0.1) is 0 Å². The molecule has 0 heterocycles. The van der Waals surface area contributed by atoms with E-state index in [4.69, 9.17) is 5.73 Å². The number of nitrogens with one attached hydrogen (secondary N) is 1. The van der Waals surface area contributed by atoms with Gasteiger partial charge in [0, 0.05) is 18.3 Å². The molecule has 1 aliphatic carbocycles. The number of likely N-dealkylation sites (N-methyl/N-ethyl adjacent to an activating group) is 1. The highest BCUT2D eigenvalue weighted by Crippen LogP contribution is 2.26. The number of nitrogens with zero attached hydrogens (tertiary/aromatic N) is 2. The van der Waals surface area contributed by atoms with E-state index in [1.165, 1.54) is 37.1 Å². The van der Waals surface area contributed by atoms with E-state index in [0.29, 0.717) is 18.3 Å². The second-order valence-corrected chi connectivity index (χ2v) is 5.32. The molecule has 5 nitrogen and oxygen atoms in total. The number of rotatable bonds is 7. The Morgan fingerprint density at radius 2 is 1.96 bits per heavy atom. The molecule has 0 bridgehead atoms. The number of alkyl halides is 3. The van der Waals surface area contributed by atoms with Crippen molar-refractivity contribution in [1.29, 1.82) is 0 Å². The Morgan fingerprint density at radius 1 is 1.33 bits per heavy atom. The average molecular weight is 458 g/mol. The Morgan fingerprint density at radius 3 is 2.46 bits per heavy atom. The van der Waals surface area contributed by atoms with E-state index in [0.717, 1.165) is 13.1 Å². The van der Waals surface area contributed by atoms with Crippen LogP contribution in [0.15, 0.2) is 29.3 Å². The standard InChI is InChI=1S/C15H21F3N4O.HI/c1-2-22(12-5-6-12)10-9-20-14(19)21-11-3-7-13(8-4-11)23-15(16,17)18;/h3-4,7-8,12H,2,5-6,9-10H2,1H3,(H3,19,20,21);1H. The van der Waals surface area contributed by atoms with Crippen LogP contribution in [0.1, 0.15) is 19.8 Å². The molecule has 0 aliphatic heterocycles. The Balaban J connectivity index is 0.00000288. The molecule has 0 spiro atoms. The lowest BCUT2D eigenvalue weighted by Crippen LogP contribution is -2.30. The Hall–Kier alpha value is -1.23. The maximum atomic E-state index is 12.1. The molecule has 0 radical (unpaired) electrons. The maximum absolute atomic E-state index is 12.1. The zero-order chi connectivity index (χ0) is 16.9. The van der Waals surface area contributed by atoms with Gasteiger partial charge in [0.1, 0.15) is 5.75 Å². The number of halogens is 4. The lowest BCUT2D eigenvalue weighted by molar-refractivity contribution is -0.274. The van der Waals surface area contributed by atoms with Crippen LogP contribution in [0.3, 0.4) is 0 Å². The largest absolute Gasteiger partial charge is 0.573 e. The Bertz CT molecular complexity index is 533. The zero-order valence-electron chi connectivity index (χ0n) is 13.3. The fraction of sp³-hybridized carbons (Fsp3) is 0.533. The number of hydrogen-bond acceptors (Lipinski definition) is 3. The molecule has 136 valence electrons. The highest BCUT2D eigenvalue weighted by Gasteiger charge is 2.31. The van der Waals surface area contributed by atoms with E-state index >= 15 is 0 Å². The lowest BCUT2D eigenvalue weighted by atomic mass is 10.3. The van der Waals surface area contributed by atoms with E-state index in [-0.39, 0.29) is 35.7 Å². The highest BCUT2D eigenvalue weighted by atomic mass is 127. The molecule has 1 aliphatic rings. The van der Waals surface area contributed by atoms with Gasteiger partial charge >= 0.3 is 6.36 Å². The Labute approximate surface area is 156 Å². The average Bonchev–Trinajstić information content (AvgIpc) is 3.29. The van der Waals surface area contributed by atoms with Crippen LogP contribution < -0.4 is 15.8 Å². The van der Waals surface area contributed by atoms with Gasteiger partial charge in [0.25, 0.3) is 0 Å². The third-order valence-electron chi connectivity index (χ3n) is 3.50. The first-order valence-corrected chi connectivity index (χ1v) is 7.54. The van der Waals surface area contributed by atoms with Gasteiger partial charge in [0.15, 0.2) is 5.96 Å². The minimum Gasteiger partial charge on any atom is -0.406 e. The smallest absolute Gasteiger partial charge is 0.406 e. The second kappa shape index (κ2) is 9.30. The van der Waals surface area contributed by atoms with E-state index in [2.05, 4.69) is 26.9 Å². The van der Waals surface area contributed by atoms with Gasteiger partial charge in [0.05, 0.1) is 6.54 Å². The van der Waals surface area contributed by atoms with Gasteiger partial charge in [-0.25, -0.2) is 0 Å². The van der Waals surface area contributed by atoms with E-state index in [1.807, 2.05) is 0 Å². The number of benzene rings is 1. The van der Waals surface area contributed by atoms with E-state index < -0.39 is 6.36 Å². The first-order valence-electron chi connectivity index (χ1n) is 7.54. The molecular weight excluding hydrogens is 436 g/mol. The molecule has 1 saturated carbocycles. The monoisotopic (exact) mass is 458 g/mol. The maximum Gasteiger partial charge on any atom is 0.573 e. The molecule has 3 N–H and O–H groups in total. The molecule has 0 saturated heterocycles. The van der Waals surface area contributed by atoms with Crippen molar-refractivity contribution in [2.24, 2.45) is 10.7 Å². The van der Waals surface area contributed by atoms with Gasteiger partial charge in [-0.1, -0.05) is 6.92 Å². The summed E-state index contributed by atoms with van der Waals surface area (Å²) < 4.78 is 40.0. The van der Waals surface area contributed by atoms with Gasteiger partial charge in [-0.2, -0.15) is 0 Å². The summed E-state index contributed by atoms with van der Waals surface area (Å²) in [5.41, 5.74) is 6.33. The van der Waals surface area contributed by atoms with Crippen LogP contribution in [0.5, 0.6) is 5.75 Å². The van der Waals surface area contributed by atoms with Crippen molar-refractivity contribution in [3.05, 3.63) is 24.3 Å². The first-order chi connectivity index (χ1) is 10.9. The van der Waals surface area contributed by atoms with Gasteiger partial charge in [-0.3, -0.25) is 9.89 Å².